The number of esters is 2. The van der Waals surface area contributed by atoms with Crippen LogP contribution in [0.1, 0.15) is 71.6 Å². The summed E-state index contributed by atoms with van der Waals surface area (Å²) in [5.41, 5.74) is 0.544. The second-order valence-electron chi connectivity index (χ2n) is 9.93. The number of rotatable bonds is 5. The van der Waals surface area contributed by atoms with Gasteiger partial charge in [0.15, 0.2) is 6.79 Å². The molecule has 0 radical (unpaired) electrons. The van der Waals surface area contributed by atoms with Gasteiger partial charge in [-0.25, -0.2) is 4.79 Å². The molecule has 0 aliphatic heterocycles. The van der Waals surface area contributed by atoms with E-state index in [0.29, 0.717) is 17.6 Å². The van der Waals surface area contributed by atoms with E-state index in [0.717, 1.165) is 48.9 Å². The van der Waals surface area contributed by atoms with Gasteiger partial charge in [0.2, 0.25) is 0 Å². The van der Waals surface area contributed by atoms with Crippen LogP contribution in [-0.2, 0) is 23.8 Å². The highest BCUT2D eigenvalue weighted by Crippen LogP contribution is 2.67. The van der Waals surface area contributed by atoms with Crippen molar-refractivity contribution in [3.05, 3.63) is 12.2 Å². The quantitative estimate of drug-likeness (QED) is 0.289. The third-order valence-electron chi connectivity index (χ3n) is 8.15. The van der Waals surface area contributed by atoms with Crippen LogP contribution in [-0.4, -0.2) is 30.9 Å². The maximum absolute atomic E-state index is 11.7. The van der Waals surface area contributed by atoms with E-state index in [1.165, 1.54) is 45.4 Å². The number of ether oxygens (including phenoxy) is 3. The summed E-state index contributed by atoms with van der Waals surface area (Å²) in [6.07, 6.45) is 12.1. The fourth-order valence-electron chi connectivity index (χ4n) is 7.15. The molecule has 5 rings (SSSR count). The third-order valence-corrected chi connectivity index (χ3v) is 8.15. The van der Waals surface area contributed by atoms with Crippen LogP contribution >= 0.6 is 0 Å². The molecule has 0 N–H and O–H groups in total. The Balaban J connectivity index is 0.000000161. The Morgan fingerprint density at radius 3 is 2.24 bits per heavy atom. The monoisotopic (exact) mass is 404 g/mol. The van der Waals surface area contributed by atoms with Crippen molar-refractivity contribution in [3.63, 3.8) is 0 Å². The Hall–Kier alpha value is -1.36. The van der Waals surface area contributed by atoms with Crippen LogP contribution in [0, 0.1) is 35.5 Å². The Kier molecular flexibility index (Phi) is 6.33. The first-order chi connectivity index (χ1) is 13.9. The molecule has 0 aromatic rings. The van der Waals surface area contributed by atoms with Crippen molar-refractivity contribution >= 4 is 11.9 Å². The summed E-state index contributed by atoms with van der Waals surface area (Å²) in [6, 6.07) is 0. The maximum atomic E-state index is 11.7. The molecule has 5 fully saturated rings. The van der Waals surface area contributed by atoms with Gasteiger partial charge in [0, 0.05) is 12.5 Å². The van der Waals surface area contributed by atoms with Crippen molar-refractivity contribution in [2.45, 2.75) is 83.8 Å². The van der Waals surface area contributed by atoms with E-state index in [4.69, 9.17) is 9.47 Å². The molecule has 162 valence electrons. The molecule has 0 heterocycles. The number of hydrogen-bond donors (Lipinski definition) is 0. The molecule has 0 spiro atoms. The molecule has 5 saturated carbocycles. The van der Waals surface area contributed by atoms with Gasteiger partial charge in [-0.15, -0.1) is 0 Å². The molecule has 7 atom stereocenters. The molecule has 0 aromatic carbocycles. The lowest BCUT2D eigenvalue weighted by Crippen LogP contribution is -2.37. The predicted molar refractivity (Wildman–Crippen MR) is 109 cm³/mol. The van der Waals surface area contributed by atoms with E-state index in [1.807, 2.05) is 0 Å². The minimum absolute atomic E-state index is 0.125. The molecule has 4 bridgehead atoms. The van der Waals surface area contributed by atoms with Gasteiger partial charge in [0.1, 0.15) is 6.10 Å². The van der Waals surface area contributed by atoms with E-state index in [2.05, 4.69) is 11.3 Å². The largest absolute Gasteiger partial charge is 0.459 e. The number of carbonyl (C=O) groups excluding carboxylic acids is 2. The van der Waals surface area contributed by atoms with E-state index in [9.17, 15) is 9.59 Å². The van der Waals surface area contributed by atoms with E-state index in [-0.39, 0.29) is 24.8 Å². The van der Waals surface area contributed by atoms with Gasteiger partial charge in [-0.3, -0.25) is 4.79 Å². The first-order valence-corrected chi connectivity index (χ1v) is 11.6. The smallest absolute Gasteiger partial charge is 0.333 e. The third kappa shape index (κ3) is 4.40. The Labute approximate surface area is 174 Å². The topological polar surface area (TPSA) is 61.8 Å². The Bertz CT molecular complexity index is 637. The molecular formula is C24H36O5. The second kappa shape index (κ2) is 8.79. The summed E-state index contributed by atoms with van der Waals surface area (Å²) in [6.45, 7) is 6.95. The normalized spacial score (nSPS) is 39.0. The zero-order valence-electron chi connectivity index (χ0n) is 17.9. The minimum Gasteiger partial charge on any atom is -0.459 e. The van der Waals surface area contributed by atoms with Crippen LogP contribution in [0.15, 0.2) is 12.2 Å². The lowest BCUT2D eigenvalue weighted by molar-refractivity contribution is -0.157. The van der Waals surface area contributed by atoms with Crippen LogP contribution < -0.4 is 0 Å². The van der Waals surface area contributed by atoms with Crippen molar-refractivity contribution in [1.29, 1.82) is 0 Å². The van der Waals surface area contributed by atoms with Crippen LogP contribution in [0.4, 0.5) is 0 Å². The van der Waals surface area contributed by atoms with Gasteiger partial charge in [-0.2, -0.15) is 0 Å². The highest BCUT2D eigenvalue weighted by atomic mass is 16.7. The Morgan fingerprint density at radius 2 is 1.59 bits per heavy atom. The highest BCUT2D eigenvalue weighted by molar-refractivity contribution is 5.87. The van der Waals surface area contributed by atoms with Crippen molar-refractivity contribution in [2.75, 3.05) is 6.79 Å². The van der Waals surface area contributed by atoms with Crippen molar-refractivity contribution in [3.8, 4) is 0 Å². The summed E-state index contributed by atoms with van der Waals surface area (Å²) >= 11 is 0. The molecule has 7 unspecified atom stereocenters. The van der Waals surface area contributed by atoms with Crippen molar-refractivity contribution in [2.24, 2.45) is 35.5 Å². The van der Waals surface area contributed by atoms with Crippen LogP contribution in [0.5, 0.6) is 0 Å². The summed E-state index contributed by atoms with van der Waals surface area (Å²) in [4.78, 5) is 22.0. The number of hydrogen-bond acceptors (Lipinski definition) is 5. The number of carbonyl (C=O) groups is 2. The fraction of sp³-hybridized carbons (Fsp3) is 0.833. The maximum Gasteiger partial charge on any atom is 0.333 e. The first kappa shape index (κ1) is 20.9. The standard InChI is InChI=1S/C16H22O2.C8H14O3/c1-8(2)16(17)18-13-7-11-6-12(13)15-10-4-3-9(5-10)14(11)15;1-7(9)10-6-11-8-4-2-3-5-8/h9-15H,1,3-7H2,2H3;8H,2-6H2,1H3. The molecular weight excluding hydrogens is 368 g/mol. The van der Waals surface area contributed by atoms with Crippen LogP contribution in [0.3, 0.4) is 0 Å². The van der Waals surface area contributed by atoms with E-state index < -0.39 is 0 Å². The minimum atomic E-state index is -0.275. The Morgan fingerprint density at radius 1 is 0.897 bits per heavy atom. The van der Waals surface area contributed by atoms with Crippen LogP contribution in [0.2, 0.25) is 0 Å². The molecule has 29 heavy (non-hydrogen) atoms. The van der Waals surface area contributed by atoms with Crippen molar-refractivity contribution < 1.29 is 23.8 Å². The molecule has 5 aliphatic carbocycles. The molecule has 0 saturated heterocycles. The first-order valence-electron chi connectivity index (χ1n) is 11.6. The van der Waals surface area contributed by atoms with E-state index in [1.54, 1.807) is 6.92 Å². The van der Waals surface area contributed by atoms with Gasteiger partial charge in [-0.1, -0.05) is 19.4 Å². The zero-order chi connectivity index (χ0) is 20.5. The van der Waals surface area contributed by atoms with Crippen LogP contribution in [0.25, 0.3) is 0 Å². The zero-order valence-corrected chi connectivity index (χ0v) is 17.9. The van der Waals surface area contributed by atoms with Gasteiger partial charge >= 0.3 is 11.9 Å². The van der Waals surface area contributed by atoms with Crippen molar-refractivity contribution in [1.82, 2.24) is 0 Å². The van der Waals surface area contributed by atoms with E-state index >= 15 is 0 Å². The highest BCUT2D eigenvalue weighted by Gasteiger charge is 2.63. The number of fused-ring (bicyclic) bond motifs is 9. The lowest BCUT2D eigenvalue weighted by atomic mass is 9.70. The van der Waals surface area contributed by atoms with Gasteiger partial charge < -0.3 is 14.2 Å². The molecule has 5 nitrogen and oxygen atoms in total. The summed E-state index contributed by atoms with van der Waals surface area (Å²) in [7, 11) is 0. The lowest BCUT2D eigenvalue weighted by Gasteiger charge is -2.38. The fourth-order valence-corrected chi connectivity index (χ4v) is 7.15. The molecule has 0 aromatic heterocycles. The average Bonchev–Trinajstić information content (AvgIpc) is 3.46. The molecule has 5 aliphatic rings. The SMILES string of the molecule is C=C(C)C(=O)OC1CC2CC1C1C3CCC(C3)C21.CC(=O)OCOC1CCCC1. The van der Waals surface area contributed by atoms with Gasteiger partial charge in [0.05, 0.1) is 6.10 Å². The molecule has 0 amide bonds. The summed E-state index contributed by atoms with van der Waals surface area (Å²) in [5, 5.41) is 0. The predicted octanol–water partition coefficient (Wildman–Crippen LogP) is 4.64. The molecule has 5 heteroatoms. The summed E-state index contributed by atoms with van der Waals surface area (Å²) < 4.78 is 15.6. The van der Waals surface area contributed by atoms with Gasteiger partial charge in [0.25, 0.3) is 0 Å². The summed E-state index contributed by atoms with van der Waals surface area (Å²) in [5.74, 6) is 4.96. The average molecular weight is 405 g/mol. The van der Waals surface area contributed by atoms with Gasteiger partial charge in [-0.05, 0) is 87.4 Å². The second-order valence-corrected chi connectivity index (χ2v) is 9.93.